The molecule has 0 spiro atoms. The second kappa shape index (κ2) is 6.26. The van der Waals surface area contributed by atoms with E-state index in [-0.39, 0.29) is 0 Å². The molecular weight excluding hydrogens is 324 g/mol. The van der Waals surface area contributed by atoms with E-state index in [1.54, 1.807) is 23.9 Å². The molecule has 2 nitrogen and oxygen atoms in total. The molecule has 1 N–H and O–H groups in total. The maximum absolute atomic E-state index is 11.0. The van der Waals surface area contributed by atoms with Crippen LogP contribution in [-0.4, -0.2) is 11.1 Å². The van der Waals surface area contributed by atoms with Gasteiger partial charge in [-0.25, -0.2) is 4.79 Å². The van der Waals surface area contributed by atoms with Crippen LogP contribution in [-0.2, 0) is 5.75 Å². The van der Waals surface area contributed by atoms with Gasteiger partial charge in [-0.3, -0.25) is 0 Å². The molecule has 0 saturated carbocycles. The zero-order valence-electron chi connectivity index (χ0n) is 10.4. The van der Waals surface area contributed by atoms with Crippen molar-refractivity contribution in [2.75, 3.05) is 0 Å². The summed E-state index contributed by atoms with van der Waals surface area (Å²) in [5.41, 5.74) is 2.77. The zero-order valence-corrected chi connectivity index (χ0v) is 12.8. The number of carboxylic acid groups (broad SMARTS) is 1. The molecule has 0 aliphatic heterocycles. The van der Waals surface area contributed by atoms with Gasteiger partial charge in [0.2, 0.25) is 0 Å². The minimum Gasteiger partial charge on any atom is -0.478 e. The van der Waals surface area contributed by atoms with Crippen molar-refractivity contribution in [2.45, 2.75) is 17.6 Å². The normalized spacial score (nSPS) is 10.4. The highest BCUT2D eigenvalue weighted by Crippen LogP contribution is 2.27. The standard InChI is InChI=1S/C15H13BrO2S/c1-10-2-4-11(5-3-10)9-19-12-6-7-14(16)13(8-12)15(17)18/h2-8H,9H2,1H3,(H,17,18). The van der Waals surface area contributed by atoms with Crippen LogP contribution in [0.4, 0.5) is 0 Å². The number of hydrogen-bond acceptors (Lipinski definition) is 2. The molecule has 2 rings (SSSR count). The third-order valence-electron chi connectivity index (χ3n) is 2.69. The van der Waals surface area contributed by atoms with Crippen LogP contribution in [0.15, 0.2) is 51.8 Å². The molecule has 2 aromatic carbocycles. The molecule has 0 heterocycles. The highest BCUT2D eigenvalue weighted by Gasteiger charge is 2.09. The van der Waals surface area contributed by atoms with Crippen LogP contribution in [0.5, 0.6) is 0 Å². The van der Waals surface area contributed by atoms with Gasteiger partial charge in [-0.05, 0) is 46.6 Å². The van der Waals surface area contributed by atoms with Crippen molar-refractivity contribution in [3.8, 4) is 0 Å². The van der Waals surface area contributed by atoms with Crippen molar-refractivity contribution < 1.29 is 9.90 Å². The van der Waals surface area contributed by atoms with E-state index in [4.69, 9.17) is 5.11 Å². The molecule has 0 aliphatic carbocycles. The van der Waals surface area contributed by atoms with Gasteiger partial charge in [0.15, 0.2) is 0 Å². The first-order chi connectivity index (χ1) is 9.06. The van der Waals surface area contributed by atoms with Crippen molar-refractivity contribution in [3.05, 3.63) is 63.6 Å². The average molecular weight is 337 g/mol. The number of carbonyl (C=O) groups is 1. The lowest BCUT2D eigenvalue weighted by molar-refractivity contribution is 0.0695. The Labute approximate surface area is 125 Å². The Hall–Kier alpha value is -1.26. The number of carboxylic acids is 1. The summed E-state index contributed by atoms with van der Waals surface area (Å²) in [5.74, 6) is -0.0781. The van der Waals surface area contributed by atoms with E-state index in [1.165, 1.54) is 11.1 Å². The van der Waals surface area contributed by atoms with Gasteiger partial charge in [-0.2, -0.15) is 0 Å². The molecule has 0 radical (unpaired) electrons. The molecule has 98 valence electrons. The van der Waals surface area contributed by atoms with Crippen molar-refractivity contribution >= 4 is 33.7 Å². The Morgan fingerprint density at radius 1 is 1.21 bits per heavy atom. The monoisotopic (exact) mass is 336 g/mol. The van der Waals surface area contributed by atoms with E-state index in [0.29, 0.717) is 10.0 Å². The van der Waals surface area contributed by atoms with Gasteiger partial charge in [0.05, 0.1) is 5.56 Å². The van der Waals surface area contributed by atoms with Crippen LogP contribution in [0.1, 0.15) is 21.5 Å². The molecule has 0 bridgehead atoms. The molecule has 0 unspecified atom stereocenters. The molecule has 0 amide bonds. The Balaban J connectivity index is 2.09. The molecule has 0 fully saturated rings. The predicted octanol–water partition coefficient (Wildman–Crippen LogP) is 4.75. The van der Waals surface area contributed by atoms with Crippen LogP contribution in [0.3, 0.4) is 0 Å². The summed E-state index contributed by atoms with van der Waals surface area (Å²) in [6, 6.07) is 13.8. The predicted molar refractivity (Wildman–Crippen MR) is 81.8 cm³/mol. The van der Waals surface area contributed by atoms with E-state index in [9.17, 15) is 4.79 Å². The number of thioether (sulfide) groups is 1. The van der Waals surface area contributed by atoms with E-state index in [2.05, 4.69) is 47.1 Å². The van der Waals surface area contributed by atoms with Crippen LogP contribution in [0.2, 0.25) is 0 Å². The van der Waals surface area contributed by atoms with Gasteiger partial charge in [0.1, 0.15) is 0 Å². The molecule has 0 saturated heterocycles. The van der Waals surface area contributed by atoms with Crippen LogP contribution < -0.4 is 0 Å². The van der Waals surface area contributed by atoms with E-state index >= 15 is 0 Å². The fourth-order valence-corrected chi connectivity index (χ4v) is 2.92. The molecular formula is C15H13BrO2S. The second-order valence-electron chi connectivity index (χ2n) is 4.22. The Morgan fingerprint density at radius 3 is 2.53 bits per heavy atom. The molecule has 2 aromatic rings. The van der Waals surface area contributed by atoms with Crippen molar-refractivity contribution in [2.24, 2.45) is 0 Å². The smallest absolute Gasteiger partial charge is 0.336 e. The summed E-state index contributed by atoms with van der Waals surface area (Å²) in [4.78, 5) is 12.0. The summed E-state index contributed by atoms with van der Waals surface area (Å²) in [5, 5.41) is 9.07. The topological polar surface area (TPSA) is 37.3 Å². The summed E-state index contributed by atoms with van der Waals surface area (Å²) in [6.07, 6.45) is 0. The lowest BCUT2D eigenvalue weighted by Gasteiger charge is -2.05. The molecule has 0 aromatic heterocycles. The third-order valence-corrected chi connectivity index (χ3v) is 4.45. The number of hydrogen-bond donors (Lipinski definition) is 1. The Kier molecular flexibility index (Phi) is 4.66. The lowest BCUT2D eigenvalue weighted by atomic mass is 10.2. The highest BCUT2D eigenvalue weighted by atomic mass is 79.9. The molecule has 4 heteroatoms. The summed E-state index contributed by atoms with van der Waals surface area (Å²) < 4.78 is 0.611. The average Bonchev–Trinajstić information content (AvgIpc) is 2.39. The summed E-state index contributed by atoms with van der Waals surface area (Å²) in [6.45, 7) is 2.06. The Bertz CT molecular complexity index is 594. The maximum Gasteiger partial charge on any atom is 0.336 e. The fraction of sp³-hybridized carbons (Fsp3) is 0.133. The van der Waals surface area contributed by atoms with Gasteiger partial charge < -0.3 is 5.11 Å². The van der Waals surface area contributed by atoms with Crippen LogP contribution >= 0.6 is 27.7 Å². The van der Waals surface area contributed by atoms with Gasteiger partial charge in [-0.15, -0.1) is 11.8 Å². The van der Waals surface area contributed by atoms with Crippen molar-refractivity contribution in [3.63, 3.8) is 0 Å². The number of rotatable bonds is 4. The summed E-state index contributed by atoms with van der Waals surface area (Å²) in [7, 11) is 0. The van der Waals surface area contributed by atoms with E-state index in [0.717, 1.165) is 10.6 Å². The Morgan fingerprint density at radius 2 is 1.89 bits per heavy atom. The number of aryl methyl sites for hydroxylation is 1. The highest BCUT2D eigenvalue weighted by molar-refractivity contribution is 9.10. The summed E-state index contributed by atoms with van der Waals surface area (Å²) >= 11 is 4.88. The van der Waals surface area contributed by atoms with Crippen LogP contribution in [0, 0.1) is 6.92 Å². The number of aromatic carboxylic acids is 1. The first kappa shape index (κ1) is 14.2. The maximum atomic E-state index is 11.0. The molecule has 19 heavy (non-hydrogen) atoms. The SMILES string of the molecule is Cc1ccc(CSc2ccc(Br)c(C(=O)O)c2)cc1. The van der Waals surface area contributed by atoms with Crippen molar-refractivity contribution in [1.29, 1.82) is 0 Å². The zero-order chi connectivity index (χ0) is 13.8. The quantitative estimate of drug-likeness (QED) is 0.818. The van der Waals surface area contributed by atoms with Crippen molar-refractivity contribution in [1.82, 2.24) is 0 Å². The second-order valence-corrected chi connectivity index (χ2v) is 6.12. The first-order valence-corrected chi connectivity index (χ1v) is 7.55. The van der Waals surface area contributed by atoms with E-state index in [1.807, 2.05) is 6.07 Å². The minimum atomic E-state index is -0.912. The first-order valence-electron chi connectivity index (χ1n) is 5.77. The fourth-order valence-electron chi connectivity index (χ4n) is 1.61. The van der Waals surface area contributed by atoms with Gasteiger partial charge >= 0.3 is 5.97 Å². The number of benzene rings is 2. The van der Waals surface area contributed by atoms with Crippen LogP contribution in [0.25, 0.3) is 0 Å². The van der Waals surface area contributed by atoms with Gasteiger partial charge in [0.25, 0.3) is 0 Å². The number of halogens is 1. The van der Waals surface area contributed by atoms with Gasteiger partial charge in [-0.1, -0.05) is 29.8 Å². The lowest BCUT2D eigenvalue weighted by Crippen LogP contribution is -1.97. The van der Waals surface area contributed by atoms with E-state index < -0.39 is 5.97 Å². The third kappa shape index (κ3) is 3.85. The van der Waals surface area contributed by atoms with Gasteiger partial charge in [0, 0.05) is 15.1 Å². The molecule has 0 aliphatic rings. The largest absolute Gasteiger partial charge is 0.478 e. The minimum absolute atomic E-state index is 0.300. The molecule has 0 atom stereocenters.